The van der Waals surface area contributed by atoms with E-state index in [-0.39, 0.29) is 6.29 Å². The third-order valence-corrected chi connectivity index (χ3v) is 3.90. The molecule has 0 N–H and O–H groups in total. The smallest absolute Gasteiger partial charge is 0.172 e. The first-order valence-corrected chi connectivity index (χ1v) is 7.28. The van der Waals surface area contributed by atoms with E-state index in [2.05, 4.69) is 22.0 Å². The highest BCUT2D eigenvalue weighted by atomic mass is 35.5. The first-order chi connectivity index (χ1) is 9.63. The van der Waals surface area contributed by atoms with Crippen molar-refractivity contribution in [3.63, 3.8) is 0 Å². The minimum atomic E-state index is -0.171. The zero-order valence-electron chi connectivity index (χ0n) is 11.3. The van der Waals surface area contributed by atoms with Crippen LogP contribution in [-0.2, 0) is 9.47 Å². The Morgan fingerprint density at radius 2 is 1.95 bits per heavy atom. The Kier molecular flexibility index (Phi) is 4.35. The zero-order chi connectivity index (χ0) is 14.1. The summed E-state index contributed by atoms with van der Waals surface area (Å²) in [5, 5.41) is 5.58. The van der Waals surface area contributed by atoms with E-state index in [0.29, 0.717) is 29.8 Å². The highest BCUT2D eigenvalue weighted by molar-refractivity contribution is 6.36. The standard InChI is InChI=1S/C13H17Cl2N3O2/c1-16-8-17(7-13-19-4-5-20-13)18(9-16)12-3-2-10(14)6-11(12)15/h2-3,6,13H,4-5,7-9H2,1H3. The van der Waals surface area contributed by atoms with Gasteiger partial charge in [-0.3, -0.25) is 9.91 Å². The molecule has 0 saturated carbocycles. The van der Waals surface area contributed by atoms with Gasteiger partial charge in [0.05, 0.1) is 43.8 Å². The average molecular weight is 318 g/mol. The molecule has 0 unspecified atom stereocenters. The number of hydrogen-bond donors (Lipinski definition) is 0. The predicted molar refractivity (Wildman–Crippen MR) is 78.8 cm³/mol. The number of hydrazine groups is 1. The van der Waals surface area contributed by atoms with Crippen LogP contribution in [0.4, 0.5) is 5.69 Å². The quantitative estimate of drug-likeness (QED) is 0.852. The molecule has 2 heterocycles. The van der Waals surface area contributed by atoms with E-state index in [1.807, 2.05) is 12.1 Å². The third kappa shape index (κ3) is 3.03. The van der Waals surface area contributed by atoms with E-state index in [1.54, 1.807) is 6.07 Å². The normalized spacial score (nSPS) is 22.1. The van der Waals surface area contributed by atoms with Gasteiger partial charge in [-0.05, 0) is 25.2 Å². The highest BCUT2D eigenvalue weighted by Gasteiger charge is 2.31. The number of anilines is 1. The lowest BCUT2D eigenvalue weighted by molar-refractivity contribution is -0.0618. The molecule has 0 bridgehead atoms. The van der Waals surface area contributed by atoms with Crippen LogP contribution in [0.1, 0.15) is 0 Å². The van der Waals surface area contributed by atoms with Crippen molar-refractivity contribution >= 4 is 28.9 Å². The molecular formula is C13H17Cl2N3O2. The van der Waals surface area contributed by atoms with E-state index >= 15 is 0 Å². The number of halogens is 2. The van der Waals surface area contributed by atoms with Gasteiger partial charge in [-0.15, -0.1) is 0 Å². The molecule has 2 aliphatic rings. The summed E-state index contributed by atoms with van der Waals surface area (Å²) in [5.41, 5.74) is 0.943. The molecule has 110 valence electrons. The van der Waals surface area contributed by atoms with Gasteiger partial charge in [0.1, 0.15) is 0 Å². The van der Waals surface area contributed by atoms with Gasteiger partial charge in [0.2, 0.25) is 0 Å². The lowest BCUT2D eigenvalue weighted by atomic mass is 10.3. The molecule has 0 aromatic heterocycles. The van der Waals surface area contributed by atoms with Crippen LogP contribution in [0.25, 0.3) is 0 Å². The van der Waals surface area contributed by atoms with Crippen LogP contribution in [-0.4, -0.2) is 56.3 Å². The van der Waals surface area contributed by atoms with Crippen LogP contribution in [0.5, 0.6) is 0 Å². The van der Waals surface area contributed by atoms with Gasteiger partial charge in [0, 0.05) is 5.02 Å². The van der Waals surface area contributed by atoms with Gasteiger partial charge in [-0.1, -0.05) is 23.2 Å². The van der Waals surface area contributed by atoms with Crippen molar-refractivity contribution in [1.82, 2.24) is 9.91 Å². The summed E-state index contributed by atoms with van der Waals surface area (Å²) >= 11 is 12.3. The summed E-state index contributed by atoms with van der Waals surface area (Å²) in [7, 11) is 2.06. The fourth-order valence-corrected chi connectivity index (χ4v) is 2.98. The molecule has 7 heteroatoms. The largest absolute Gasteiger partial charge is 0.349 e. The zero-order valence-corrected chi connectivity index (χ0v) is 12.8. The molecule has 0 amide bonds. The second-order valence-corrected chi connectivity index (χ2v) is 5.84. The Morgan fingerprint density at radius 1 is 1.20 bits per heavy atom. The maximum absolute atomic E-state index is 6.31. The topological polar surface area (TPSA) is 28.2 Å². The maximum atomic E-state index is 6.31. The van der Waals surface area contributed by atoms with Gasteiger partial charge >= 0.3 is 0 Å². The molecular weight excluding hydrogens is 301 g/mol. The maximum Gasteiger partial charge on any atom is 0.172 e. The third-order valence-electron chi connectivity index (χ3n) is 3.36. The van der Waals surface area contributed by atoms with Crippen molar-refractivity contribution in [2.24, 2.45) is 0 Å². The lowest BCUT2D eigenvalue weighted by Crippen LogP contribution is -2.42. The van der Waals surface area contributed by atoms with E-state index in [0.717, 1.165) is 19.0 Å². The van der Waals surface area contributed by atoms with Crippen LogP contribution in [0, 0.1) is 0 Å². The number of nitrogens with zero attached hydrogens (tertiary/aromatic N) is 3. The lowest BCUT2D eigenvalue weighted by Gasteiger charge is -2.30. The summed E-state index contributed by atoms with van der Waals surface area (Å²) < 4.78 is 11.0. The van der Waals surface area contributed by atoms with Gasteiger partial charge in [-0.25, -0.2) is 5.01 Å². The van der Waals surface area contributed by atoms with Gasteiger partial charge < -0.3 is 9.47 Å². The summed E-state index contributed by atoms with van der Waals surface area (Å²) in [4.78, 5) is 2.19. The second kappa shape index (κ2) is 6.05. The fourth-order valence-electron chi connectivity index (χ4n) is 2.48. The van der Waals surface area contributed by atoms with Crippen molar-refractivity contribution in [1.29, 1.82) is 0 Å². The molecule has 0 atom stereocenters. The highest BCUT2D eigenvalue weighted by Crippen LogP contribution is 2.32. The number of benzene rings is 1. The van der Waals surface area contributed by atoms with Crippen molar-refractivity contribution in [3.8, 4) is 0 Å². The molecule has 3 rings (SSSR count). The fraction of sp³-hybridized carbons (Fsp3) is 0.538. The molecule has 2 saturated heterocycles. The Hall–Kier alpha value is -0.560. The molecule has 5 nitrogen and oxygen atoms in total. The van der Waals surface area contributed by atoms with E-state index in [9.17, 15) is 0 Å². The summed E-state index contributed by atoms with van der Waals surface area (Å²) in [6.45, 7) is 3.59. The summed E-state index contributed by atoms with van der Waals surface area (Å²) in [6.07, 6.45) is -0.171. The Morgan fingerprint density at radius 3 is 2.65 bits per heavy atom. The molecule has 1 aromatic rings. The predicted octanol–water partition coefficient (Wildman–Crippen LogP) is 2.25. The van der Waals surface area contributed by atoms with E-state index in [1.165, 1.54) is 0 Å². The van der Waals surface area contributed by atoms with Crippen LogP contribution in [0.2, 0.25) is 10.0 Å². The van der Waals surface area contributed by atoms with Crippen LogP contribution < -0.4 is 5.01 Å². The average Bonchev–Trinajstić information content (AvgIpc) is 3.00. The number of hydrogen-bond acceptors (Lipinski definition) is 5. The monoisotopic (exact) mass is 317 g/mol. The van der Waals surface area contributed by atoms with Crippen molar-refractivity contribution in [3.05, 3.63) is 28.2 Å². The van der Waals surface area contributed by atoms with Crippen molar-refractivity contribution in [2.45, 2.75) is 6.29 Å². The minimum Gasteiger partial charge on any atom is -0.349 e. The van der Waals surface area contributed by atoms with Crippen LogP contribution in [0.3, 0.4) is 0 Å². The Labute approximate surface area is 128 Å². The molecule has 2 fully saturated rings. The summed E-state index contributed by atoms with van der Waals surface area (Å²) in [5.74, 6) is 0. The van der Waals surface area contributed by atoms with Crippen molar-refractivity contribution in [2.75, 3.05) is 45.2 Å². The molecule has 20 heavy (non-hydrogen) atoms. The van der Waals surface area contributed by atoms with Crippen molar-refractivity contribution < 1.29 is 9.47 Å². The van der Waals surface area contributed by atoms with Gasteiger partial charge in [0.25, 0.3) is 0 Å². The molecule has 0 spiro atoms. The van der Waals surface area contributed by atoms with Gasteiger partial charge in [0.15, 0.2) is 6.29 Å². The first-order valence-electron chi connectivity index (χ1n) is 6.52. The van der Waals surface area contributed by atoms with E-state index < -0.39 is 0 Å². The SMILES string of the molecule is CN1CN(CC2OCCO2)N(c2ccc(Cl)cc2Cl)C1. The number of ether oxygens (including phenoxy) is 2. The van der Waals surface area contributed by atoms with Crippen LogP contribution >= 0.6 is 23.2 Å². The Balaban J connectivity index is 1.78. The molecule has 2 aliphatic heterocycles. The number of rotatable bonds is 3. The van der Waals surface area contributed by atoms with Gasteiger partial charge in [-0.2, -0.15) is 0 Å². The van der Waals surface area contributed by atoms with E-state index in [4.69, 9.17) is 32.7 Å². The molecule has 0 radical (unpaired) electrons. The Bertz CT molecular complexity index is 483. The van der Waals surface area contributed by atoms with Crippen LogP contribution in [0.15, 0.2) is 18.2 Å². The minimum absolute atomic E-state index is 0.171. The second-order valence-electron chi connectivity index (χ2n) is 4.99. The summed E-state index contributed by atoms with van der Waals surface area (Å²) in [6, 6.07) is 5.55. The molecule has 1 aromatic carbocycles. The first kappa shape index (κ1) is 14.4. The molecule has 0 aliphatic carbocycles.